The predicted octanol–water partition coefficient (Wildman–Crippen LogP) is 3.90. The number of aromatic nitrogens is 2. The molecule has 134 valence electrons. The fourth-order valence-electron chi connectivity index (χ4n) is 3.80. The van der Waals surface area contributed by atoms with E-state index in [-0.39, 0.29) is 17.7 Å². The van der Waals surface area contributed by atoms with Gasteiger partial charge in [-0.2, -0.15) is 0 Å². The molecule has 0 spiro atoms. The van der Waals surface area contributed by atoms with E-state index in [1.165, 1.54) is 12.0 Å². The molecule has 1 aromatic heterocycles. The smallest absolute Gasteiger partial charge is 0.254 e. The molecule has 2 N–H and O–H groups in total. The van der Waals surface area contributed by atoms with Crippen molar-refractivity contribution in [1.82, 2.24) is 14.9 Å². The van der Waals surface area contributed by atoms with Crippen LogP contribution in [-0.4, -0.2) is 38.5 Å². The number of nitrogens with zero attached hydrogens (tertiary/aromatic N) is 2. The number of rotatable bonds is 4. The SMILES string of the molecule is O=C(c1ccc2nc[nH]c2c1)N1CCCCC1CCc1ccc(O)cc1. The van der Waals surface area contributed by atoms with Crippen molar-refractivity contribution in [1.29, 1.82) is 0 Å². The van der Waals surface area contributed by atoms with Gasteiger partial charge < -0.3 is 15.0 Å². The minimum atomic E-state index is 0.108. The van der Waals surface area contributed by atoms with E-state index in [1.54, 1.807) is 18.5 Å². The van der Waals surface area contributed by atoms with Crippen LogP contribution in [0, 0.1) is 0 Å². The Morgan fingerprint density at radius 3 is 2.88 bits per heavy atom. The van der Waals surface area contributed by atoms with Crippen molar-refractivity contribution >= 4 is 16.9 Å². The van der Waals surface area contributed by atoms with Crippen LogP contribution in [0.2, 0.25) is 0 Å². The van der Waals surface area contributed by atoms with Gasteiger partial charge in [-0.05, 0) is 68.0 Å². The molecule has 2 heterocycles. The van der Waals surface area contributed by atoms with E-state index in [4.69, 9.17) is 0 Å². The van der Waals surface area contributed by atoms with E-state index in [9.17, 15) is 9.90 Å². The molecule has 0 aliphatic carbocycles. The number of hydrogen-bond acceptors (Lipinski definition) is 3. The number of carbonyl (C=O) groups is 1. The van der Waals surface area contributed by atoms with Crippen LogP contribution in [0.4, 0.5) is 0 Å². The number of nitrogens with one attached hydrogen (secondary N) is 1. The van der Waals surface area contributed by atoms with Gasteiger partial charge in [0, 0.05) is 18.2 Å². The van der Waals surface area contributed by atoms with Crippen molar-refractivity contribution in [2.24, 2.45) is 0 Å². The summed E-state index contributed by atoms with van der Waals surface area (Å²) in [5.74, 6) is 0.398. The lowest BCUT2D eigenvalue weighted by atomic mass is 9.95. The number of aromatic hydroxyl groups is 1. The fourth-order valence-corrected chi connectivity index (χ4v) is 3.80. The Hall–Kier alpha value is -2.82. The summed E-state index contributed by atoms with van der Waals surface area (Å²) in [4.78, 5) is 22.4. The molecule has 1 fully saturated rings. The van der Waals surface area contributed by atoms with Gasteiger partial charge in [-0.3, -0.25) is 4.79 Å². The highest BCUT2D eigenvalue weighted by Gasteiger charge is 2.27. The van der Waals surface area contributed by atoms with Crippen LogP contribution >= 0.6 is 0 Å². The number of phenolic OH excluding ortho intramolecular Hbond substituents is 1. The standard InChI is InChI=1S/C21H23N3O2/c25-18-9-5-15(6-10-18)4-8-17-3-1-2-12-24(17)21(26)16-7-11-19-20(13-16)23-14-22-19/h5-7,9-11,13-14,17,25H,1-4,8,12H2,(H,22,23). The molecule has 0 radical (unpaired) electrons. The number of fused-ring (bicyclic) bond motifs is 1. The van der Waals surface area contributed by atoms with Crippen LogP contribution < -0.4 is 0 Å². The molecule has 0 bridgehead atoms. The van der Waals surface area contributed by atoms with Crippen LogP contribution in [-0.2, 0) is 6.42 Å². The van der Waals surface area contributed by atoms with Gasteiger partial charge in [0.1, 0.15) is 5.75 Å². The number of piperidine rings is 1. The van der Waals surface area contributed by atoms with Crippen molar-refractivity contribution in [2.45, 2.75) is 38.1 Å². The lowest BCUT2D eigenvalue weighted by molar-refractivity contribution is 0.0602. The summed E-state index contributed by atoms with van der Waals surface area (Å²) in [5.41, 5.74) is 3.69. The zero-order valence-electron chi connectivity index (χ0n) is 14.7. The monoisotopic (exact) mass is 349 g/mol. The number of hydrogen-bond donors (Lipinski definition) is 2. The van der Waals surface area contributed by atoms with Crippen molar-refractivity contribution in [3.05, 3.63) is 59.9 Å². The van der Waals surface area contributed by atoms with Gasteiger partial charge >= 0.3 is 0 Å². The maximum absolute atomic E-state index is 13.1. The number of likely N-dealkylation sites (tertiary alicyclic amines) is 1. The first kappa shape index (κ1) is 16.6. The molecule has 26 heavy (non-hydrogen) atoms. The van der Waals surface area contributed by atoms with Crippen molar-refractivity contribution in [3.63, 3.8) is 0 Å². The van der Waals surface area contributed by atoms with Crippen LogP contribution in [0.15, 0.2) is 48.8 Å². The molecule has 1 aliphatic rings. The number of amides is 1. The zero-order chi connectivity index (χ0) is 17.9. The first-order valence-electron chi connectivity index (χ1n) is 9.23. The van der Waals surface area contributed by atoms with E-state index in [0.717, 1.165) is 48.8 Å². The lowest BCUT2D eigenvalue weighted by Crippen LogP contribution is -2.44. The number of aryl methyl sites for hydroxylation is 1. The third kappa shape index (κ3) is 3.43. The molecule has 1 atom stereocenters. The Morgan fingerprint density at radius 1 is 1.19 bits per heavy atom. The van der Waals surface area contributed by atoms with E-state index in [1.807, 2.05) is 35.2 Å². The lowest BCUT2D eigenvalue weighted by Gasteiger charge is -2.36. The normalized spacial score (nSPS) is 17.5. The largest absolute Gasteiger partial charge is 0.508 e. The van der Waals surface area contributed by atoms with Gasteiger partial charge in [0.15, 0.2) is 0 Å². The minimum Gasteiger partial charge on any atom is -0.508 e. The molecular formula is C21H23N3O2. The van der Waals surface area contributed by atoms with Gasteiger partial charge in [-0.25, -0.2) is 4.98 Å². The second-order valence-electron chi connectivity index (χ2n) is 6.99. The Kier molecular flexibility index (Phi) is 4.61. The number of carbonyl (C=O) groups excluding carboxylic acids is 1. The predicted molar refractivity (Wildman–Crippen MR) is 101 cm³/mol. The van der Waals surface area contributed by atoms with Crippen LogP contribution in [0.3, 0.4) is 0 Å². The summed E-state index contributed by atoms with van der Waals surface area (Å²) >= 11 is 0. The van der Waals surface area contributed by atoms with Gasteiger partial charge in [0.25, 0.3) is 5.91 Å². The molecule has 1 amide bonds. The number of imidazole rings is 1. The van der Waals surface area contributed by atoms with Gasteiger partial charge in [0.05, 0.1) is 17.4 Å². The Balaban J connectivity index is 1.48. The molecule has 5 nitrogen and oxygen atoms in total. The van der Waals surface area contributed by atoms with E-state index in [0.29, 0.717) is 0 Å². The average Bonchev–Trinajstić information content (AvgIpc) is 3.15. The molecule has 1 aliphatic heterocycles. The highest BCUT2D eigenvalue weighted by atomic mass is 16.3. The van der Waals surface area contributed by atoms with Crippen molar-refractivity contribution < 1.29 is 9.90 Å². The van der Waals surface area contributed by atoms with Crippen LogP contribution in [0.1, 0.15) is 41.6 Å². The molecule has 4 rings (SSSR count). The molecule has 1 unspecified atom stereocenters. The van der Waals surface area contributed by atoms with Gasteiger partial charge in [-0.15, -0.1) is 0 Å². The minimum absolute atomic E-state index is 0.108. The molecule has 2 aromatic carbocycles. The number of phenols is 1. The quantitative estimate of drug-likeness (QED) is 0.751. The van der Waals surface area contributed by atoms with E-state index < -0.39 is 0 Å². The van der Waals surface area contributed by atoms with E-state index >= 15 is 0 Å². The highest BCUT2D eigenvalue weighted by molar-refractivity contribution is 5.97. The summed E-state index contributed by atoms with van der Waals surface area (Å²) in [5, 5.41) is 9.41. The van der Waals surface area contributed by atoms with Crippen LogP contribution in [0.25, 0.3) is 11.0 Å². The summed E-state index contributed by atoms with van der Waals surface area (Å²) in [6, 6.07) is 13.3. The first-order chi connectivity index (χ1) is 12.7. The van der Waals surface area contributed by atoms with Crippen molar-refractivity contribution in [3.8, 4) is 5.75 Å². The Bertz CT molecular complexity index is 901. The summed E-state index contributed by atoms with van der Waals surface area (Å²) in [7, 11) is 0. The molecule has 3 aromatic rings. The third-order valence-electron chi connectivity index (χ3n) is 5.26. The van der Waals surface area contributed by atoms with Crippen molar-refractivity contribution in [2.75, 3.05) is 6.54 Å². The second kappa shape index (κ2) is 7.20. The van der Waals surface area contributed by atoms with Crippen LogP contribution in [0.5, 0.6) is 5.75 Å². The highest BCUT2D eigenvalue weighted by Crippen LogP contribution is 2.24. The second-order valence-corrected chi connectivity index (χ2v) is 6.99. The third-order valence-corrected chi connectivity index (χ3v) is 5.26. The maximum atomic E-state index is 13.1. The zero-order valence-corrected chi connectivity index (χ0v) is 14.7. The summed E-state index contributed by atoms with van der Waals surface area (Å²) in [6.07, 6.45) is 6.80. The number of H-pyrrole nitrogens is 1. The Morgan fingerprint density at radius 2 is 2.04 bits per heavy atom. The van der Waals surface area contributed by atoms with Gasteiger partial charge in [-0.1, -0.05) is 12.1 Å². The molecular weight excluding hydrogens is 326 g/mol. The molecule has 0 saturated carbocycles. The topological polar surface area (TPSA) is 69.2 Å². The fraction of sp³-hybridized carbons (Fsp3) is 0.333. The molecule has 5 heteroatoms. The van der Waals surface area contributed by atoms with Gasteiger partial charge in [0.2, 0.25) is 0 Å². The average molecular weight is 349 g/mol. The number of aromatic amines is 1. The first-order valence-corrected chi connectivity index (χ1v) is 9.23. The Labute approximate surface area is 152 Å². The summed E-state index contributed by atoms with van der Waals surface area (Å²) < 4.78 is 0. The molecule has 1 saturated heterocycles. The van der Waals surface area contributed by atoms with E-state index in [2.05, 4.69) is 9.97 Å². The number of benzene rings is 2. The maximum Gasteiger partial charge on any atom is 0.254 e. The summed E-state index contributed by atoms with van der Waals surface area (Å²) in [6.45, 7) is 0.820.